The van der Waals surface area contributed by atoms with Crippen molar-refractivity contribution in [3.63, 3.8) is 0 Å². The van der Waals surface area contributed by atoms with Crippen LogP contribution in [0.2, 0.25) is 0 Å². The van der Waals surface area contributed by atoms with Crippen molar-refractivity contribution in [1.82, 2.24) is 0 Å². The zero-order valence-corrected chi connectivity index (χ0v) is 24.0. The fourth-order valence-electron chi connectivity index (χ4n) is 2.76. The summed E-state index contributed by atoms with van der Waals surface area (Å²) in [4.78, 5) is 22.0. The summed E-state index contributed by atoms with van der Waals surface area (Å²) in [5.74, 6) is -1.14. The van der Waals surface area contributed by atoms with Crippen molar-refractivity contribution in [2.24, 2.45) is 0 Å². The van der Waals surface area contributed by atoms with Crippen molar-refractivity contribution in [2.75, 3.05) is 6.61 Å². The van der Waals surface area contributed by atoms with Crippen LogP contribution in [0.15, 0.2) is 95.1 Å². The van der Waals surface area contributed by atoms with Crippen LogP contribution in [0.5, 0.6) is 0 Å². The van der Waals surface area contributed by atoms with Crippen molar-refractivity contribution >= 4 is 24.1 Å². The van der Waals surface area contributed by atoms with Crippen LogP contribution in [0.3, 0.4) is 0 Å². The molecule has 0 saturated carbocycles. The van der Waals surface area contributed by atoms with Gasteiger partial charge in [-0.15, -0.1) is 0 Å². The predicted molar refractivity (Wildman–Crippen MR) is 134 cm³/mol. The van der Waals surface area contributed by atoms with Gasteiger partial charge < -0.3 is 15.3 Å². The van der Waals surface area contributed by atoms with E-state index in [1.54, 1.807) is 26.8 Å². The van der Waals surface area contributed by atoms with Gasteiger partial charge in [-0.1, -0.05) is 84.0 Å². The van der Waals surface area contributed by atoms with E-state index in [0.717, 1.165) is 22.3 Å². The molecule has 176 valence electrons. The minimum absolute atomic E-state index is 0. The maximum atomic E-state index is 11.4. The van der Waals surface area contributed by atoms with E-state index in [1.807, 2.05) is 92.7 Å². The van der Waals surface area contributed by atoms with Crippen LogP contribution in [-0.4, -0.2) is 29.1 Å². The van der Waals surface area contributed by atoms with Crippen LogP contribution in [0.1, 0.15) is 45.7 Å². The van der Waals surface area contributed by atoms with E-state index >= 15 is 0 Å². The van der Waals surface area contributed by atoms with Crippen molar-refractivity contribution in [1.29, 1.82) is 0 Å². The van der Waals surface area contributed by atoms with Crippen LogP contribution in [0.25, 0.3) is 12.2 Å². The molecule has 0 aliphatic rings. The maximum absolute atomic E-state index is 11.4. The molecule has 0 saturated heterocycles. The molecule has 2 rings (SSSR count). The fourth-order valence-corrected chi connectivity index (χ4v) is 2.76. The van der Waals surface area contributed by atoms with Gasteiger partial charge in [0.15, 0.2) is 0 Å². The minimum atomic E-state index is -0.879. The zero-order valence-electron chi connectivity index (χ0n) is 20.9. The van der Waals surface area contributed by atoms with Gasteiger partial charge in [-0.2, -0.15) is 0 Å². The van der Waals surface area contributed by atoms with E-state index in [4.69, 9.17) is 9.84 Å². The Bertz CT molecular complexity index is 1000. The Kier molecular flexibility index (Phi) is 19.3. The molecule has 0 heterocycles. The molecule has 0 aliphatic carbocycles. The molecule has 2 aromatic rings. The Morgan fingerprint density at radius 3 is 1.50 bits per heavy atom. The van der Waals surface area contributed by atoms with Crippen LogP contribution in [0, 0.1) is 0 Å². The Labute approximate surface area is 245 Å². The van der Waals surface area contributed by atoms with Gasteiger partial charge in [0, 0.05) is 11.1 Å². The number of hydrogen-bond acceptors (Lipinski definition) is 4. The summed E-state index contributed by atoms with van der Waals surface area (Å²) in [7, 11) is 0. The van der Waals surface area contributed by atoms with E-state index in [1.165, 1.54) is 0 Å². The molecule has 0 aliphatic heterocycles. The summed E-state index contributed by atoms with van der Waals surface area (Å²) in [5.41, 5.74) is 5.13. The van der Waals surface area contributed by atoms with Crippen molar-refractivity contribution in [3.8, 4) is 0 Å². The second-order valence-electron chi connectivity index (χ2n) is 7.28. The maximum Gasteiger partial charge on any atom is 1.00 e. The number of carboxylic acid groups (broad SMARTS) is 1. The average molecular weight is 489 g/mol. The molecule has 0 atom stereocenters. The number of hydrogen-bond donors (Lipinski definition) is 1. The summed E-state index contributed by atoms with van der Waals surface area (Å²) < 4.78 is 4.92. The standard InChI is InChI=1S/C15H18O2.C13H14O2.K.H2O/c1-4-17-15(16)13(3)10-12(2)11-14-8-6-5-7-9-14;1-10(8-11(2)13(14)15)9-12-6-4-3-5-7-12;;/h5-11H,4H2,1-3H3;3-9H,1-2H3,(H,14,15);;1H2/q;;+1;/p-1/b12-11+,13-10+;10-9+,11-8+;;. The molecular weight excluding hydrogens is 455 g/mol. The van der Waals surface area contributed by atoms with Crippen LogP contribution < -0.4 is 51.4 Å². The summed E-state index contributed by atoms with van der Waals surface area (Å²) in [6, 6.07) is 19.8. The van der Waals surface area contributed by atoms with Crippen LogP contribution in [-0.2, 0) is 14.3 Å². The smallest absolute Gasteiger partial charge is 0.870 e. The molecule has 2 N–H and O–H groups in total. The summed E-state index contributed by atoms with van der Waals surface area (Å²) in [5, 5.41) is 8.70. The van der Waals surface area contributed by atoms with Gasteiger partial charge in [0.2, 0.25) is 0 Å². The molecular formula is C28H33KO5. The molecule has 0 unspecified atom stereocenters. The first kappa shape index (κ1) is 34.1. The molecule has 6 heteroatoms. The van der Waals surface area contributed by atoms with Crippen molar-refractivity contribution < 1.29 is 76.3 Å². The molecule has 34 heavy (non-hydrogen) atoms. The number of allylic oxidation sites excluding steroid dienone is 4. The van der Waals surface area contributed by atoms with Gasteiger partial charge in [0.1, 0.15) is 0 Å². The van der Waals surface area contributed by atoms with Gasteiger partial charge in [-0.25, -0.2) is 9.59 Å². The van der Waals surface area contributed by atoms with Gasteiger partial charge in [0.05, 0.1) is 6.61 Å². The topological polar surface area (TPSA) is 93.6 Å². The molecule has 0 amide bonds. The SMILES string of the molecule is CC(=C\c1ccccc1)/C=C(\C)C(=O)O.CCOC(=O)/C(C)=C/C(C)=C/c1ccccc1.[K+].[OH-]. The van der Waals surface area contributed by atoms with Gasteiger partial charge in [0.25, 0.3) is 0 Å². The number of carbonyl (C=O) groups excluding carboxylic acids is 1. The molecule has 0 bridgehead atoms. The Morgan fingerprint density at radius 2 is 1.15 bits per heavy atom. The number of carboxylic acids is 1. The first-order valence-electron chi connectivity index (χ1n) is 10.5. The number of aliphatic carboxylic acids is 1. The monoisotopic (exact) mass is 488 g/mol. The third-order valence-corrected chi connectivity index (χ3v) is 4.21. The summed E-state index contributed by atoms with van der Waals surface area (Å²) in [6.45, 7) is 9.42. The number of ether oxygens (including phenoxy) is 1. The normalized spacial score (nSPS) is 11.8. The second-order valence-corrected chi connectivity index (χ2v) is 7.28. The third kappa shape index (κ3) is 15.0. The van der Waals surface area contributed by atoms with Gasteiger partial charge in [-0.3, -0.25) is 0 Å². The molecule has 5 nitrogen and oxygen atoms in total. The molecule has 0 spiro atoms. The van der Waals surface area contributed by atoms with E-state index in [2.05, 4.69) is 0 Å². The molecule has 2 aromatic carbocycles. The predicted octanol–water partition coefficient (Wildman–Crippen LogP) is 3.55. The van der Waals surface area contributed by atoms with Crippen LogP contribution >= 0.6 is 0 Å². The summed E-state index contributed by atoms with van der Waals surface area (Å²) in [6.07, 6.45) is 7.48. The quantitative estimate of drug-likeness (QED) is 0.278. The Morgan fingerprint density at radius 1 is 0.765 bits per heavy atom. The van der Waals surface area contributed by atoms with Crippen molar-refractivity contribution in [3.05, 3.63) is 106 Å². The Balaban J connectivity index is 0. The first-order valence-corrected chi connectivity index (χ1v) is 10.5. The average Bonchev–Trinajstić information content (AvgIpc) is 2.75. The van der Waals surface area contributed by atoms with Gasteiger partial charge in [-0.05, 0) is 57.9 Å². The van der Waals surface area contributed by atoms with Gasteiger partial charge >= 0.3 is 63.3 Å². The largest absolute Gasteiger partial charge is 1.00 e. The van der Waals surface area contributed by atoms with E-state index < -0.39 is 5.97 Å². The van der Waals surface area contributed by atoms with E-state index in [0.29, 0.717) is 17.8 Å². The van der Waals surface area contributed by atoms with E-state index in [9.17, 15) is 9.59 Å². The molecule has 0 radical (unpaired) electrons. The third-order valence-electron chi connectivity index (χ3n) is 4.21. The fraction of sp³-hybridized carbons (Fsp3) is 0.214. The summed E-state index contributed by atoms with van der Waals surface area (Å²) >= 11 is 0. The Hall–Kier alpha value is -2.06. The zero-order chi connectivity index (χ0) is 23.9. The number of benzene rings is 2. The minimum Gasteiger partial charge on any atom is -0.870 e. The molecule has 0 fully saturated rings. The number of carbonyl (C=O) groups is 2. The number of rotatable bonds is 7. The van der Waals surface area contributed by atoms with Crippen LogP contribution in [0.4, 0.5) is 0 Å². The van der Waals surface area contributed by atoms with E-state index in [-0.39, 0.29) is 62.8 Å². The second kappa shape index (κ2) is 19.3. The number of esters is 1. The molecule has 0 aromatic heterocycles. The van der Waals surface area contributed by atoms with Crippen molar-refractivity contribution in [2.45, 2.75) is 34.6 Å². The first-order chi connectivity index (χ1) is 15.2.